The number of carbonyl (C=O) groups is 1. The Morgan fingerprint density at radius 3 is 2.67 bits per heavy atom. The monoisotopic (exact) mass is 378 g/mol. The van der Waals surface area contributed by atoms with Gasteiger partial charge in [0.05, 0.1) is 18.3 Å². The Hall–Kier alpha value is -3.12. The lowest BCUT2D eigenvalue weighted by atomic mass is 10.0. The molecule has 0 N–H and O–H groups in total. The smallest absolute Gasteiger partial charge is 0.263 e. The fourth-order valence-corrected chi connectivity index (χ4v) is 4.11. The van der Waals surface area contributed by atoms with E-state index in [2.05, 4.69) is 4.98 Å². The molecule has 0 saturated carbocycles. The third kappa shape index (κ3) is 3.19. The molecule has 2 heterocycles. The Balaban J connectivity index is 1.81. The third-order valence-electron chi connectivity index (χ3n) is 4.38. The second-order valence-electron chi connectivity index (χ2n) is 6.19. The Kier molecular flexibility index (Phi) is 4.41. The van der Waals surface area contributed by atoms with Crippen molar-refractivity contribution in [2.75, 3.05) is 0 Å². The molecule has 134 valence electrons. The largest absolute Gasteiger partial charge is 0.292 e. The number of aryl methyl sites for hydroxylation is 1. The number of rotatable bonds is 4. The highest BCUT2D eigenvalue weighted by molar-refractivity contribution is 7.19. The summed E-state index contributed by atoms with van der Waals surface area (Å²) in [6.45, 7) is 1.77. The maximum atomic E-state index is 13.4. The van der Waals surface area contributed by atoms with Crippen molar-refractivity contribution >= 4 is 27.3 Å². The van der Waals surface area contributed by atoms with Gasteiger partial charge in [-0.2, -0.15) is 0 Å². The zero-order valence-corrected chi connectivity index (χ0v) is 15.3. The van der Waals surface area contributed by atoms with Crippen molar-refractivity contribution in [2.45, 2.75) is 13.5 Å². The summed E-state index contributed by atoms with van der Waals surface area (Å²) in [6, 6.07) is 15.1. The molecule has 27 heavy (non-hydrogen) atoms. The maximum absolute atomic E-state index is 13.4. The van der Waals surface area contributed by atoms with Gasteiger partial charge in [-0.15, -0.1) is 11.3 Å². The van der Waals surface area contributed by atoms with Crippen molar-refractivity contribution in [1.29, 1.82) is 0 Å². The van der Waals surface area contributed by atoms with Gasteiger partial charge in [0.1, 0.15) is 10.6 Å². The number of benzene rings is 2. The quantitative estimate of drug-likeness (QED) is 0.493. The molecule has 0 radical (unpaired) electrons. The molecule has 4 aromatic rings. The number of carbonyl (C=O) groups excluding carboxylic acids is 1. The molecule has 4 rings (SSSR count). The molecule has 0 unspecified atom stereocenters. The molecule has 0 aliphatic rings. The molecule has 0 spiro atoms. The molecule has 0 bridgehead atoms. The molecule has 0 amide bonds. The van der Waals surface area contributed by atoms with Crippen LogP contribution in [-0.2, 0) is 6.54 Å². The van der Waals surface area contributed by atoms with Crippen molar-refractivity contribution in [1.82, 2.24) is 9.55 Å². The lowest BCUT2D eigenvalue weighted by Crippen LogP contribution is -2.24. The maximum Gasteiger partial charge on any atom is 0.263 e. The lowest BCUT2D eigenvalue weighted by Gasteiger charge is -2.06. The van der Waals surface area contributed by atoms with E-state index in [0.29, 0.717) is 10.2 Å². The van der Waals surface area contributed by atoms with E-state index in [1.54, 1.807) is 0 Å². The number of thiophene rings is 1. The zero-order chi connectivity index (χ0) is 19.0. The van der Waals surface area contributed by atoms with E-state index in [9.17, 15) is 14.0 Å². The van der Waals surface area contributed by atoms with Gasteiger partial charge in [0.25, 0.3) is 5.56 Å². The van der Waals surface area contributed by atoms with Crippen LogP contribution >= 0.6 is 11.3 Å². The molecule has 0 fully saturated rings. The van der Waals surface area contributed by atoms with Crippen LogP contribution in [0.2, 0.25) is 0 Å². The standard InChI is InChI=1S/C21H15FN2O2S/c1-13-18(14-6-3-2-4-7-14)19-20(27-13)23-12-24(21(19)26)11-17(25)15-8-5-9-16(22)10-15/h2-10,12H,11H2,1H3. The van der Waals surface area contributed by atoms with Crippen molar-refractivity contribution in [3.05, 3.63) is 87.5 Å². The molecular weight excluding hydrogens is 363 g/mol. The number of ketones is 1. The number of halogens is 1. The van der Waals surface area contributed by atoms with E-state index in [0.717, 1.165) is 16.0 Å². The van der Waals surface area contributed by atoms with Gasteiger partial charge in [0.15, 0.2) is 5.78 Å². The first-order valence-electron chi connectivity index (χ1n) is 8.37. The van der Waals surface area contributed by atoms with E-state index in [1.165, 1.54) is 46.5 Å². The Labute approximate surface area is 158 Å². The number of hydrogen-bond donors (Lipinski definition) is 0. The summed E-state index contributed by atoms with van der Waals surface area (Å²) in [5.41, 5.74) is 1.75. The molecule has 6 heteroatoms. The summed E-state index contributed by atoms with van der Waals surface area (Å²) >= 11 is 1.45. The molecule has 0 aliphatic heterocycles. The predicted octanol–water partition coefficient (Wildman–Crippen LogP) is 4.46. The minimum atomic E-state index is -0.485. The van der Waals surface area contributed by atoms with Gasteiger partial charge in [0, 0.05) is 16.0 Å². The lowest BCUT2D eigenvalue weighted by molar-refractivity contribution is 0.0970. The topological polar surface area (TPSA) is 52.0 Å². The second kappa shape index (κ2) is 6.89. The Morgan fingerprint density at radius 2 is 1.93 bits per heavy atom. The average molecular weight is 378 g/mol. The number of Topliss-reactive ketones (excluding diaryl/α,β-unsaturated/α-hetero) is 1. The van der Waals surface area contributed by atoms with Crippen molar-refractivity contribution in [2.24, 2.45) is 0 Å². The summed E-state index contributed by atoms with van der Waals surface area (Å²) < 4.78 is 14.7. The highest BCUT2D eigenvalue weighted by atomic mass is 32.1. The van der Waals surface area contributed by atoms with Crippen LogP contribution in [0, 0.1) is 12.7 Å². The first-order valence-corrected chi connectivity index (χ1v) is 9.19. The molecule has 0 atom stereocenters. The molecule has 2 aromatic carbocycles. The minimum absolute atomic E-state index is 0.186. The van der Waals surface area contributed by atoms with Gasteiger partial charge >= 0.3 is 0 Å². The van der Waals surface area contributed by atoms with Gasteiger partial charge in [-0.05, 0) is 24.6 Å². The van der Waals surface area contributed by atoms with Crippen LogP contribution in [0.5, 0.6) is 0 Å². The van der Waals surface area contributed by atoms with Crippen LogP contribution < -0.4 is 5.56 Å². The Bertz CT molecular complexity index is 1210. The van der Waals surface area contributed by atoms with Gasteiger partial charge in [-0.1, -0.05) is 42.5 Å². The molecule has 2 aromatic heterocycles. The van der Waals surface area contributed by atoms with Crippen molar-refractivity contribution in [3.8, 4) is 11.1 Å². The summed E-state index contributed by atoms with van der Waals surface area (Å²) in [5, 5.41) is 0.512. The van der Waals surface area contributed by atoms with Crippen molar-refractivity contribution in [3.63, 3.8) is 0 Å². The molecule has 0 aliphatic carbocycles. The van der Waals surface area contributed by atoms with Gasteiger partial charge in [0.2, 0.25) is 0 Å². The molecule has 0 saturated heterocycles. The van der Waals surface area contributed by atoms with Gasteiger partial charge in [-0.3, -0.25) is 14.2 Å². The normalized spacial score (nSPS) is 11.0. The first kappa shape index (κ1) is 17.3. The number of aromatic nitrogens is 2. The van der Waals surface area contributed by atoms with E-state index in [1.807, 2.05) is 37.3 Å². The van der Waals surface area contributed by atoms with Crippen LogP contribution in [0.25, 0.3) is 21.3 Å². The number of nitrogens with zero attached hydrogens (tertiary/aromatic N) is 2. The summed E-state index contributed by atoms with van der Waals surface area (Å²) in [7, 11) is 0. The summed E-state index contributed by atoms with van der Waals surface area (Å²) in [4.78, 5) is 31.5. The minimum Gasteiger partial charge on any atom is -0.292 e. The number of hydrogen-bond acceptors (Lipinski definition) is 4. The van der Waals surface area contributed by atoms with E-state index >= 15 is 0 Å². The average Bonchev–Trinajstić information content (AvgIpc) is 3.01. The predicted molar refractivity (Wildman–Crippen MR) is 105 cm³/mol. The first-order chi connectivity index (χ1) is 13.0. The van der Waals surface area contributed by atoms with Crippen molar-refractivity contribution < 1.29 is 9.18 Å². The van der Waals surface area contributed by atoms with Crippen LogP contribution in [0.1, 0.15) is 15.2 Å². The van der Waals surface area contributed by atoms with Crippen LogP contribution in [0.15, 0.2) is 65.7 Å². The number of fused-ring (bicyclic) bond motifs is 1. The summed E-state index contributed by atoms with van der Waals surface area (Å²) in [5.74, 6) is -0.826. The molecule has 4 nitrogen and oxygen atoms in total. The van der Waals surface area contributed by atoms with E-state index < -0.39 is 5.82 Å². The van der Waals surface area contributed by atoms with E-state index in [-0.39, 0.29) is 23.5 Å². The van der Waals surface area contributed by atoms with Crippen LogP contribution in [0.4, 0.5) is 4.39 Å². The molecular formula is C21H15FN2O2S. The van der Waals surface area contributed by atoms with Gasteiger partial charge < -0.3 is 0 Å². The van der Waals surface area contributed by atoms with E-state index in [4.69, 9.17) is 0 Å². The second-order valence-corrected chi connectivity index (χ2v) is 7.39. The fourth-order valence-electron chi connectivity index (χ4n) is 3.11. The van der Waals surface area contributed by atoms with Crippen LogP contribution in [0.3, 0.4) is 0 Å². The third-order valence-corrected chi connectivity index (χ3v) is 5.39. The Morgan fingerprint density at radius 1 is 1.15 bits per heavy atom. The van der Waals surface area contributed by atoms with Crippen LogP contribution in [-0.4, -0.2) is 15.3 Å². The fraction of sp³-hybridized carbons (Fsp3) is 0.0952. The zero-order valence-electron chi connectivity index (χ0n) is 14.5. The van der Waals surface area contributed by atoms with Gasteiger partial charge in [-0.25, -0.2) is 9.37 Å². The highest BCUT2D eigenvalue weighted by Crippen LogP contribution is 2.35. The summed E-state index contributed by atoms with van der Waals surface area (Å²) in [6.07, 6.45) is 1.38. The SMILES string of the molecule is Cc1sc2ncn(CC(=O)c3cccc(F)c3)c(=O)c2c1-c1ccccc1. The highest BCUT2D eigenvalue weighted by Gasteiger charge is 2.18.